The third-order valence-corrected chi connectivity index (χ3v) is 13.3. The number of hydrogen-bond acceptors (Lipinski definition) is 14. The van der Waals surface area contributed by atoms with Gasteiger partial charge in [-0.15, -0.1) is 0 Å². The molecule has 8 N–H and O–H groups in total. The molecule has 0 aromatic heterocycles. The van der Waals surface area contributed by atoms with Crippen molar-refractivity contribution < 1.29 is 90.6 Å². The van der Waals surface area contributed by atoms with Gasteiger partial charge in [0.1, 0.15) is 43.2 Å². The predicted octanol–water partition coefficient (Wildman–Crippen LogP) is 9.07. The molecule has 8 atom stereocenters. The second-order valence-corrected chi connectivity index (χ2v) is 21.2. The van der Waals surface area contributed by atoms with Gasteiger partial charge in [-0.25, -0.2) is 13.7 Å². The topological polar surface area (TPSA) is 303 Å². The van der Waals surface area contributed by atoms with Crippen molar-refractivity contribution in [2.24, 2.45) is 0 Å². The highest BCUT2D eigenvalue weighted by atomic mass is 31.2. The number of phosphoric ester groups is 3. The molecule has 5 unspecified atom stereocenters. The first kappa shape index (κ1) is 63.6. The van der Waals surface area contributed by atoms with Gasteiger partial charge < -0.3 is 49.3 Å². The van der Waals surface area contributed by atoms with Gasteiger partial charge in [0.2, 0.25) is 0 Å². The minimum absolute atomic E-state index is 0.000885. The van der Waals surface area contributed by atoms with Crippen LogP contribution in [0.1, 0.15) is 194 Å². The van der Waals surface area contributed by atoms with Gasteiger partial charge >= 0.3 is 35.4 Å². The van der Waals surface area contributed by atoms with Crippen LogP contribution in [0.5, 0.6) is 0 Å². The normalized spacial score (nSPS) is 21.8. The molecule has 67 heavy (non-hydrogen) atoms. The van der Waals surface area contributed by atoms with E-state index in [4.69, 9.17) is 18.5 Å². The fourth-order valence-electron chi connectivity index (χ4n) is 7.55. The largest absolute Gasteiger partial charge is 0.472 e. The van der Waals surface area contributed by atoms with Crippen molar-refractivity contribution in [1.82, 2.24) is 0 Å². The lowest BCUT2D eigenvalue weighted by Gasteiger charge is -2.44. The van der Waals surface area contributed by atoms with Crippen LogP contribution in [0.3, 0.4) is 0 Å². The first-order valence-electron chi connectivity index (χ1n) is 24.6. The molecule has 1 rings (SSSR count). The number of ether oxygens (including phenoxy) is 2. The highest BCUT2D eigenvalue weighted by Gasteiger charge is 2.56. The Balaban J connectivity index is 2.72. The zero-order valence-corrected chi connectivity index (χ0v) is 42.7. The third kappa shape index (κ3) is 33.8. The smallest absolute Gasteiger partial charge is 0.462 e. The molecule has 0 bridgehead atoms. The average molecular weight is 1020 g/mol. The molecule has 22 heteroatoms. The number of allylic oxidation sites excluding steroid dienone is 4. The molecule has 0 amide bonds. The molecule has 0 aromatic rings. The Kier molecular flexibility index (Phi) is 35.5. The number of esters is 2. The molecular weight excluding hydrogens is 937 g/mol. The summed E-state index contributed by atoms with van der Waals surface area (Å²) in [5, 5.41) is 31.9. The standard InChI is InChI=1S/C45H85O19P3/c1-3-5-7-9-11-13-15-17-19-21-23-25-27-29-31-33-38(46)59-35-37(61-39(47)34-32-30-28-26-24-22-20-18-16-14-12-10-8-6-4-2)36-60-67(57,58)64-43-40(48)41(49)44(62-65(51,52)53)45(42(43)50)63-66(54,55)56/h11,13,17,19,37,40-45,48-50H,3-10,12,14-16,18,20-36H2,1-2H3,(H,57,58)(H2,51,52,53)(H2,54,55,56)/t37-,40?,41?,42?,43+,44?,45+/m1/s1. The molecule has 1 aliphatic rings. The highest BCUT2D eigenvalue weighted by molar-refractivity contribution is 7.47. The van der Waals surface area contributed by atoms with Gasteiger partial charge in [0.05, 0.1) is 6.61 Å². The van der Waals surface area contributed by atoms with Crippen molar-refractivity contribution in [1.29, 1.82) is 0 Å². The van der Waals surface area contributed by atoms with E-state index < -0.39 is 91.3 Å². The fourth-order valence-corrected chi connectivity index (χ4v) is 9.65. The van der Waals surface area contributed by atoms with Crippen molar-refractivity contribution in [3.05, 3.63) is 24.3 Å². The van der Waals surface area contributed by atoms with Crippen LogP contribution < -0.4 is 0 Å². The van der Waals surface area contributed by atoms with Crippen LogP contribution in [0, 0.1) is 0 Å². The predicted molar refractivity (Wildman–Crippen MR) is 252 cm³/mol. The van der Waals surface area contributed by atoms with Gasteiger partial charge in [0.15, 0.2) is 6.10 Å². The van der Waals surface area contributed by atoms with Crippen molar-refractivity contribution >= 4 is 35.4 Å². The second kappa shape index (κ2) is 37.4. The Hall–Kier alpha value is -1.37. The lowest BCUT2D eigenvalue weighted by molar-refractivity contribution is -0.213. The molecule has 0 aromatic carbocycles. The van der Waals surface area contributed by atoms with E-state index in [9.17, 15) is 63.1 Å². The number of unbranched alkanes of at least 4 members (excludes halogenated alkanes) is 22. The number of phosphoric acid groups is 3. The molecule has 1 aliphatic carbocycles. The van der Waals surface area contributed by atoms with Crippen LogP contribution >= 0.6 is 23.5 Å². The monoisotopic (exact) mass is 1020 g/mol. The average Bonchev–Trinajstić information content (AvgIpc) is 3.25. The maximum atomic E-state index is 13.1. The molecule has 0 radical (unpaired) electrons. The van der Waals surface area contributed by atoms with Crippen molar-refractivity contribution in [3.63, 3.8) is 0 Å². The maximum Gasteiger partial charge on any atom is 0.472 e. The summed E-state index contributed by atoms with van der Waals surface area (Å²) in [5.41, 5.74) is 0. The maximum absolute atomic E-state index is 13.1. The molecular formula is C45H85O19P3. The number of aliphatic hydroxyl groups excluding tert-OH is 3. The molecule has 0 heterocycles. The Morgan fingerprint density at radius 1 is 0.478 bits per heavy atom. The second-order valence-electron chi connectivity index (χ2n) is 17.4. The van der Waals surface area contributed by atoms with Crippen LogP contribution in [0.4, 0.5) is 0 Å². The van der Waals surface area contributed by atoms with Gasteiger partial charge in [-0.2, -0.15) is 0 Å². The minimum Gasteiger partial charge on any atom is -0.462 e. The number of carbonyl (C=O) groups excluding carboxylic acids is 2. The SMILES string of the molecule is CCCCCC=CCC=CCCCCCCCC(=O)OC[C@H](COP(=O)(O)O[C@H]1C(O)C(O)C(OP(=O)(O)O)[C@@H](OP(=O)(O)O)C1O)OC(=O)CCCCCCCCCCCCCCCCC. The van der Waals surface area contributed by atoms with Crippen LogP contribution in [-0.2, 0) is 50.9 Å². The first-order valence-corrected chi connectivity index (χ1v) is 29.2. The van der Waals surface area contributed by atoms with E-state index in [1.807, 2.05) is 0 Å². The Labute approximate surface area is 398 Å². The van der Waals surface area contributed by atoms with Crippen molar-refractivity contribution in [2.45, 2.75) is 236 Å². The zero-order chi connectivity index (χ0) is 50.0. The highest BCUT2D eigenvalue weighted by Crippen LogP contribution is 2.51. The Bertz CT molecular complexity index is 1500. The van der Waals surface area contributed by atoms with Crippen molar-refractivity contribution in [3.8, 4) is 0 Å². The molecule has 0 spiro atoms. The van der Waals surface area contributed by atoms with Gasteiger partial charge in [-0.1, -0.05) is 160 Å². The Morgan fingerprint density at radius 3 is 1.34 bits per heavy atom. The summed E-state index contributed by atoms with van der Waals surface area (Å²) in [6, 6.07) is 0. The first-order chi connectivity index (χ1) is 31.8. The van der Waals surface area contributed by atoms with Gasteiger partial charge in [0.25, 0.3) is 0 Å². The molecule has 0 aliphatic heterocycles. The van der Waals surface area contributed by atoms with Gasteiger partial charge in [0, 0.05) is 12.8 Å². The van der Waals surface area contributed by atoms with Crippen LogP contribution in [0.2, 0.25) is 0 Å². The summed E-state index contributed by atoms with van der Waals surface area (Å²) in [4.78, 5) is 73.2. The zero-order valence-electron chi connectivity index (χ0n) is 40.0. The summed E-state index contributed by atoms with van der Waals surface area (Å²) in [6.07, 6.45) is 20.5. The summed E-state index contributed by atoms with van der Waals surface area (Å²) in [7, 11) is -16.6. The van der Waals surface area contributed by atoms with Crippen molar-refractivity contribution in [2.75, 3.05) is 13.2 Å². The van der Waals surface area contributed by atoms with E-state index >= 15 is 0 Å². The lowest BCUT2D eigenvalue weighted by atomic mass is 9.85. The summed E-state index contributed by atoms with van der Waals surface area (Å²) in [6.45, 7) is 2.92. The van der Waals surface area contributed by atoms with Crippen LogP contribution in [0.25, 0.3) is 0 Å². The van der Waals surface area contributed by atoms with E-state index in [1.54, 1.807) is 0 Å². The molecule has 394 valence electrons. The Morgan fingerprint density at radius 2 is 0.866 bits per heavy atom. The van der Waals surface area contributed by atoms with E-state index in [0.717, 1.165) is 70.6 Å². The molecule has 0 saturated heterocycles. The summed E-state index contributed by atoms with van der Waals surface area (Å²) in [5.74, 6) is -1.31. The van der Waals surface area contributed by atoms with E-state index in [0.29, 0.717) is 12.8 Å². The van der Waals surface area contributed by atoms with Gasteiger partial charge in [-0.05, 0) is 44.9 Å². The van der Waals surface area contributed by atoms with E-state index in [2.05, 4.69) is 47.2 Å². The number of hydrogen-bond donors (Lipinski definition) is 8. The third-order valence-electron chi connectivity index (χ3n) is 11.3. The molecule has 19 nitrogen and oxygen atoms in total. The molecule has 1 saturated carbocycles. The number of aliphatic hydroxyl groups is 3. The number of rotatable bonds is 42. The lowest BCUT2D eigenvalue weighted by Crippen LogP contribution is -2.65. The minimum atomic E-state index is -5.60. The fraction of sp³-hybridized carbons (Fsp3) is 0.867. The molecule has 1 fully saturated rings. The van der Waals surface area contributed by atoms with Crippen LogP contribution in [-0.4, -0.2) is 108 Å². The van der Waals surface area contributed by atoms with Gasteiger partial charge in [-0.3, -0.25) is 27.7 Å². The van der Waals surface area contributed by atoms with E-state index in [1.165, 1.54) is 83.5 Å². The van der Waals surface area contributed by atoms with Crippen LogP contribution in [0.15, 0.2) is 24.3 Å². The summed E-state index contributed by atoms with van der Waals surface area (Å²) >= 11 is 0. The van der Waals surface area contributed by atoms with E-state index in [-0.39, 0.29) is 12.8 Å². The quantitative estimate of drug-likeness (QED) is 0.0122. The summed E-state index contributed by atoms with van der Waals surface area (Å²) < 4.78 is 65.5. The number of carbonyl (C=O) groups is 2.